The van der Waals surface area contributed by atoms with Crippen molar-refractivity contribution in [1.29, 1.82) is 0 Å². The van der Waals surface area contributed by atoms with Gasteiger partial charge in [0.05, 0.1) is 38.4 Å². The summed E-state index contributed by atoms with van der Waals surface area (Å²) in [5, 5.41) is 9.87. The van der Waals surface area contributed by atoms with Crippen molar-refractivity contribution < 1.29 is 28.1 Å². The van der Waals surface area contributed by atoms with Crippen LogP contribution in [0.3, 0.4) is 0 Å². The van der Waals surface area contributed by atoms with E-state index in [-0.39, 0.29) is 19.8 Å². The summed E-state index contributed by atoms with van der Waals surface area (Å²) in [4.78, 5) is 0. The van der Waals surface area contributed by atoms with Gasteiger partial charge in [0.25, 0.3) is 0 Å². The van der Waals surface area contributed by atoms with E-state index < -0.39 is 30.7 Å². The quantitative estimate of drug-likeness (QED) is 0.726. The van der Waals surface area contributed by atoms with Crippen LogP contribution in [-0.4, -0.2) is 43.1 Å². The van der Waals surface area contributed by atoms with Crippen molar-refractivity contribution in [3.8, 4) is 0 Å². The Balaban J connectivity index is 1.57. The Morgan fingerprint density at radius 2 is 1.41 bits per heavy atom. The lowest BCUT2D eigenvalue weighted by Crippen LogP contribution is -2.45. The van der Waals surface area contributed by atoms with Crippen LogP contribution >= 0.6 is 0 Å². The van der Waals surface area contributed by atoms with Crippen LogP contribution in [0.5, 0.6) is 0 Å². The fourth-order valence-electron chi connectivity index (χ4n) is 3.18. The normalized spacial score (nSPS) is 27.7. The molecule has 146 valence electrons. The molecule has 1 aliphatic heterocycles. The number of alkyl halides is 2. The Labute approximate surface area is 157 Å². The molecule has 2 aromatic rings. The smallest absolute Gasteiger partial charge is 0.196 e. The summed E-state index contributed by atoms with van der Waals surface area (Å²) in [5.74, 6) is -0.961. The van der Waals surface area contributed by atoms with Gasteiger partial charge in [0.1, 0.15) is 6.67 Å². The summed E-state index contributed by atoms with van der Waals surface area (Å²) in [5.41, 5.74) is -0.610. The maximum atomic E-state index is 14.9. The van der Waals surface area contributed by atoms with Gasteiger partial charge in [-0.3, -0.25) is 0 Å². The Morgan fingerprint density at radius 1 is 0.889 bits per heavy atom. The van der Waals surface area contributed by atoms with Crippen molar-refractivity contribution >= 4 is 0 Å². The average molecular weight is 378 g/mol. The molecule has 2 aromatic carbocycles. The van der Waals surface area contributed by atoms with Crippen LogP contribution < -0.4 is 0 Å². The number of hydrogen-bond acceptors (Lipinski definition) is 4. The molecule has 4 atom stereocenters. The highest BCUT2D eigenvalue weighted by atomic mass is 19.2. The highest BCUT2D eigenvalue weighted by Crippen LogP contribution is 2.39. The van der Waals surface area contributed by atoms with E-state index in [2.05, 4.69) is 0 Å². The highest BCUT2D eigenvalue weighted by molar-refractivity contribution is 5.14. The molecule has 0 amide bonds. The zero-order valence-electron chi connectivity index (χ0n) is 15.0. The van der Waals surface area contributed by atoms with Crippen molar-refractivity contribution in [3.05, 3.63) is 71.8 Å². The highest BCUT2D eigenvalue weighted by Gasteiger charge is 2.57. The molecule has 1 fully saturated rings. The van der Waals surface area contributed by atoms with E-state index in [4.69, 9.17) is 14.2 Å². The predicted octanol–water partition coefficient (Wildman–Crippen LogP) is 3.43. The molecular formula is C21H24F2O4. The van der Waals surface area contributed by atoms with E-state index in [1.54, 1.807) is 0 Å². The molecule has 0 bridgehead atoms. The number of aliphatic hydroxyl groups excluding tert-OH is 1. The molecule has 2 unspecified atom stereocenters. The molecule has 27 heavy (non-hydrogen) atoms. The van der Waals surface area contributed by atoms with Crippen molar-refractivity contribution in [2.75, 3.05) is 19.9 Å². The second kappa shape index (κ2) is 9.37. The van der Waals surface area contributed by atoms with Gasteiger partial charge in [0.15, 0.2) is 12.0 Å². The summed E-state index contributed by atoms with van der Waals surface area (Å²) in [6.07, 6.45) is -2.63. The predicted molar refractivity (Wildman–Crippen MR) is 96.4 cm³/mol. The zero-order chi connectivity index (χ0) is 19.1. The topological polar surface area (TPSA) is 47.9 Å². The number of aliphatic hydroxyl groups is 1. The molecule has 1 heterocycles. The molecule has 4 nitrogen and oxygen atoms in total. The third-order valence-electron chi connectivity index (χ3n) is 4.79. The second-order valence-corrected chi connectivity index (χ2v) is 6.70. The third-order valence-corrected chi connectivity index (χ3v) is 4.79. The minimum atomic E-state index is -2.50. The molecule has 0 aromatic heterocycles. The Kier molecular flexibility index (Phi) is 6.90. The van der Waals surface area contributed by atoms with E-state index in [1.807, 2.05) is 60.7 Å². The molecule has 0 spiro atoms. The van der Waals surface area contributed by atoms with Crippen LogP contribution in [0.15, 0.2) is 60.7 Å². The van der Waals surface area contributed by atoms with Crippen LogP contribution in [0.2, 0.25) is 0 Å². The average Bonchev–Trinajstić information content (AvgIpc) is 2.94. The molecule has 1 aliphatic rings. The minimum absolute atomic E-state index is 0.0387. The number of hydrogen-bond donors (Lipinski definition) is 1. The van der Waals surface area contributed by atoms with Crippen LogP contribution in [0.1, 0.15) is 11.1 Å². The Morgan fingerprint density at radius 3 is 1.93 bits per heavy atom. The number of rotatable bonds is 9. The lowest BCUT2D eigenvalue weighted by molar-refractivity contribution is -0.155. The Bertz CT molecular complexity index is 685. The molecule has 1 saturated heterocycles. The van der Waals surface area contributed by atoms with Crippen LogP contribution in [0.4, 0.5) is 8.78 Å². The second-order valence-electron chi connectivity index (χ2n) is 6.70. The monoisotopic (exact) mass is 378 g/mol. The first-order chi connectivity index (χ1) is 13.1. The van der Waals surface area contributed by atoms with Crippen molar-refractivity contribution in [1.82, 2.24) is 0 Å². The van der Waals surface area contributed by atoms with Gasteiger partial charge in [-0.05, 0) is 11.1 Å². The number of ether oxygens (including phenoxy) is 3. The number of benzene rings is 2. The largest absolute Gasteiger partial charge is 0.376 e. The third kappa shape index (κ3) is 4.90. The summed E-state index contributed by atoms with van der Waals surface area (Å²) < 4.78 is 44.8. The van der Waals surface area contributed by atoms with Gasteiger partial charge in [-0.2, -0.15) is 0 Å². The SMILES string of the molecule is O[C@@H]1O[C@H](COCc2ccccc2)C(COCc2ccccc2)C1(F)CF. The van der Waals surface area contributed by atoms with Gasteiger partial charge >= 0.3 is 0 Å². The summed E-state index contributed by atoms with van der Waals surface area (Å²) >= 11 is 0. The van der Waals surface area contributed by atoms with E-state index in [1.165, 1.54) is 0 Å². The lowest BCUT2D eigenvalue weighted by atomic mass is 9.89. The fraction of sp³-hybridized carbons (Fsp3) is 0.429. The van der Waals surface area contributed by atoms with E-state index in [9.17, 15) is 13.9 Å². The first kappa shape index (κ1) is 19.9. The van der Waals surface area contributed by atoms with Gasteiger partial charge < -0.3 is 19.3 Å². The van der Waals surface area contributed by atoms with E-state index >= 15 is 0 Å². The standard InChI is InChI=1S/C21H24F2O4/c22-15-21(23)18(13-25-11-16-7-3-1-4-8-16)19(27-20(21)24)14-26-12-17-9-5-2-6-10-17/h1-10,18-20,24H,11-15H2/t18?,19-,20-,21?/m1/s1. The van der Waals surface area contributed by atoms with E-state index in [0.29, 0.717) is 6.61 Å². The van der Waals surface area contributed by atoms with Gasteiger partial charge in [0, 0.05) is 0 Å². The lowest BCUT2D eigenvalue weighted by Gasteiger charge is -2.26. The summed E-state index contributed by atoms with van der Waals surface area (Å²) in [6.45, 7) is -0.790. The Hall–Kier alpha value is -1.86. The number of halogens is 2. The molecule has 0 saturated carbocycles. The van der Waals surface area contributed by atoms with Crippen LogP contribution in [0.25, 0.3) is 0 Å². The van der Waals surface area contributed by atoms with Gasteiger partial charge in [-0.25, -0.2) is 8.78 Å². The molecule has 1 N–H and O–H groups in total. The van der Waals surface area contributed by atoms with Crippen molar-refractivity contribution in [2.45, 2.75) is 31.3 Å². The zero-order valence-corrected chi connectivity index (χ0v) is 15.0. The maximum Gasteiger partial charge on any atom is 0.196 e. The first-order valence-electron chi connectivity index (χ1n) is 8.95. The van der Waals surface area contributed by atoms with E-state index in [0.717, 1.165) is 11.1 Å². The summed E-state index contributed by atoms with van der Waals surface area (Å²) in [6, 6.07) is 18.9. The maximum absolute atomic E-state index is 14.9. The van der Waals surface area contributed by atoms with Gasteiger partial charge in [0.2, 0.25) is 0 Å². The minimum Gasteiger partial charge on any atom is -0.376 e. The molecular weight excluding hydrogens is 354 g/mol. The summed E-state index contributed by atoms with van der Waals surface area (Å²) in [7, 11) is 0. The van der Waals surface area contributed by atoms with Gasteiger partial charge in [-0.15, -0.1) is 0 Å². The van der Waals surface area contributed by atoms with Crippen LogP contribution in [0, 0.1) is 5.92 Å². The molecule has 0 radical (unpaired) electrons. The van der Waals surface area contributed by atoms with Crippen molar-refractivity contribution in [3.63, 3.8) is 0 Å². The molecule has 0 aliphatic carbocycles. The molecule has 3 rings (SSSR count). The first-order valence-corrected chi connectivity index (χ1v) is 8.95. The fourth-order valence-corrected chi connectivity index (χ4v) is 3.18. The van der Waals surface area contributed by atoms with Crippen molar-refractivity contribution in [2.24, 2.45) is 5.92 Å². The van der Waals surface area contributed by atoms with Crippen LogP contribution in [-0.2, 0) is 27.4 Å². The molecule has 6 heteroatoms. The van der Waals surface area contributed by atoms with Gasteiger partial charge in [-0.1, -0.05) is 60.7 Å².